The van der Waals surface area contributed by atoms with Gasteiger partial charge in [0.2, 0.25) is 0 Å². The van der Waals surface area contributed by atoms with Gasteiger partial charge in [-0.25, -0.2) is 0 Å². The molecule has 2 heterocycles. The third-order valence-electron chi connectivity index (χ3n) is 3.75. The van der Waals surface area contributed by atoms with Crippen LogP contribution in [0.15, 0.2) is 22.7 Å². The van der Waals surface area contributed by atoms with Gasteiger partial charge in [-0.2, -0.15) is 4.98 Å². The molecule has 21 heavy (non-hydrogen) atoms. The van der Waals surface area contributed by atoms with Gasteiger partial charge in [0.25, 0.3) is 11.6 Å². The maximum absolute atomic E-state index is 11.2. The molecule has 0 aliphatic carbocycles. The first-order chi connectivity index (χ1) is 10.2. The Morgan fingerprint density at radius 3 is 3.05 bits per heavy atom. The maximum Gasteiger partial charge on any atom is 0.285 e. The third-order valence-corrected chi connectivity index (χ3v) is 3.75. The smallest absolute Gasteiger partial charge is 0.285 e. The zero-order valence-corrected chi connectivity index (χ0v) is 11.7. The molecule has 1 aromatic carbocycles. The Morgan fingerprint density at radius 1 is 1.48 bits per heavy atom. The molecule has 1 aromatic heterocycles. The summed E-state index contributed by atoms with van der Waals surface area (Å²) in [4.78, 5) is 15.2. The van der Waals surface area contributed by atoms with Crippen LogP contribution in [0.25, 0.3) is 11.5 Å². The summed E-state index contributed by atoms with van der Waals surface area (Å²) in [6, 6.07) is 5.09. The number of para-hydroxylation sites is 1. The molecule has 0 spiro atoms. The summed E-state index contributed by atoms with van der Waals surface area (Å²) in [5.74, 6) is 1.04. The van der Waals surface area contributed by atoms with E-state index in [1.54, 1.807) is 25.1 Å². The van der Waals surface area contributed by atoms with Crippen molar-refractivity contribution >= 4 is 5.69 Å². The number of hydrogen-bond donors (Lipinski definition) is 1. The highest BCUT2D eigenvalue weighted by molar-refractivity contribution is 5.69. The van der Waals surface area contributed by atoms with Crippen molar-refractivity contribution in [2.75, 3.05) is 13.1 Å². The van der Waals surface area contributed by atoms with Crippen molar-refractivity contribution in [1.82, 2.24) is 15.5 Å². The highest BCUT2D eigenvalue weighted by Gasteiger charge is 2.25. The minimum atomic E-state index is -0.406. The maximum atomic E-state index is 11.2. The van der Waals surface area contributed by atoms with Gasteiger partial charge in [-0.1, -0.05) is 17.3 Å². The van der Waals surface area contributed by atoms with Crippen LogP contribution in [0.4, 0.5) is 5.69 Å². The number of nitrogens with zero attached hydrogens (tertiary/aromatic N) is 3. The van der Waals surface area contributed by atoms with E-state index in [4.69, 9.17) is 4.52 Å². The topological polar surface area (TPSA) is 94.1 Å². The monoisotopic (exact) mass is 288 g/mol. The van der Waals surface area contributed by atoms with E-state index in [1.807, 2.05) is 0 Å². The molecule has 1 N–H and O–H groups in total. The van der Waals surface area contributed by atoms with Crippen molar-refractivity contribution < 1.29 is 9.45 Å². The number of nitrogens with one attached hydrogen (secondary N) is 1. The lowest BCUT2D eigenvalue weighted by molar-refractivity contribution is -0.384. The Balaban J connectivity index is 1.96. The zero-order valence-electron chi connectivity index (χ0n) is 11.7. The molecule has 1 unspecified atom stereocenters. The minimum absolute atomic E-state index is 0.0227. The normalized spacial score (nSPS) is 18.6. The first-order valence-corrected chi connectivity index (χ1v) is 6.95. The second-order valence-electron chi connectivity index (χ2n) is 5.23. The first kappa shape index (κ1) is 13.7. The van der Waals surface area contributed by atoms with E-state index in [0.717, 1.165) is 25.9 Å². The van der Waals surface area contributed by atoms with Gasteiger partial charge < -0.3 is 9.84 Å². The van der Waals surface area contributed by atoms with Crippen LogP contribution in [0.1, 0.15) is 30.1 Å². The predicted octanol–water partition coefficient (Wildman–Crippen LogP) is 2.42. The van der Waals surface area contributed by atoms with Crippen LogP contribution >= 0.6 is 0 Å². The number of nitro groups is 1. The fraction of sp³-hybridized carbons (Fsp3) is 0.429. The molecule has 7 heteroatoms. The molecule has 0 radical (unpaired) electrons. The van der Waals surface area contributed by atoms with Gasteiger partial charge in [0, 0.05) is 18.0 Å². The zero-order chi connectivity index (χ0) is 14.8. The van der Waals surface area contributed by atoms with Crippen molar-refractivity contribution in [3.8, 4) is 11.5 Å². The van der Waals surface area contributed by atoms with Crippen molar-refractivity contribution in [3.05, 3.63) is 39.7 Å². The molecule has 1 aliphatic rings. The minimum Gasteiger partial charge on any atom is -0.334 e. The van der Waals surface area contributed by atoms with Gasteiger partial charge in [-0.3, -0.25) is 10.1 Å². The van der Waals surface area contributed by atoms with E-state index in [9.17, 15) is 10.1 Å². The molecule has 0 bridgehead atoms. The summed E-state index contributed by atoms with van der Waals surface area (Å²) in [6.45, 7) is 3.52. The number of piperidine rings is 1. The Bertz CT molecular complexity index is 662. The SMILES string of the molecule is Cc1cccc(-c2nc(C3CCCNC3)no2)c1[N+](=O)[O-]. The number of aromatic nitrogens is 2. The van der Waals surface area contributed by atoms with E-state index in [1.165, 1.54) is 0 Å². The lowest BCUT2D eigenvalue weighted by Gasteiger charge is -2.19. The highest BCUT2D eigenvalue weighted by Crippen LogP contribution is 2.32. The van der Waals surface area contributed by atoms with Gasteiger partial charge in [0.15, 0.2) is 5.82 Å². The van der Waals surface area contributed by atoms with Gasteiger partial charge >= 0.3 is 0 Å². The van der Waals surface area contributed by atoms with E-state index in [2.05, 4.69) is 15.5 Å². The van der Waals surface area contributed by atoms with Crippen molar-refractivity contribution in [2.45, 2.75) is 25.7 Å². The standard InChI is InChI=1S/C14H16N4O3/c1-9-4-2-6-11(12(9)18(19)20)14-16-13(17-21-14)10-5-3-7-15-8-10/h2,4,6,10,15H,3,5,7-8H2,1H3. The molecule has 2 aromatic rings. The number of benzene rings is 1. The molecule has 1 aliphatic heterocycles. The van der Waals surface area contributed by atoms with Crippen molar-refractivity contribution in [3.63, 3.8) is 0 Å². The summed E-state index contributed by atoms with van der Waals surface area (Å²) >= 11 is 0. The molecular weight excluding hydrogens is 272 g/mol. The average molecular weight is 288 g/mol. The number of aryl methyl sites for hydroxylation is 1. The molecule has 1 atom stereocenters. The lowest BCUT2D eigenvalue weighted by Crippen LogP contribution is -2.28. The quantitative estimate of drug-likeness (QED) is 0.688. The van der Waals surface area contributed by atoms with E-state index in [0.29, 0.717) is 17.0 Å². The van der Waals surface area contributed by atoms with Crippen LogP contribution in [-0.2, 0) is 0 Å². The second-order valence-corrected chi connectivity index (χ2v) is 5.23. The Hall–Kier alpha value is -2.28. The van der Waals surface area contributed by atoms with E-state index in [-0.39, 0.29) is 17.5 Å². The largest absolute Gasteiger partial charge is 0.334 e. The molecule has 110 valence electrons. The Labute approximate surface area is 121 Å². The molecule has 7 nitrogen and oxygen atoms in total. The Kier molecular flexibility index (Phi) is 3.66. The summed E-state index contributed by atoms with van der Waals surface area (Å²) < 4.78 is 5.26. The summed E-state index contributed by atoms with van der Waals surface area (Å²) in [5, 5.41) is 18.5. The van der Waals surface area contributed by atoms with Crippen LogP contribution in [0.5, 0.6) is 0 Å². The summed E-state index contributed by atoms with van der Waals surface area (Å²) in [6.07, 6.45) is 2.07. The van der Waals surface area contributed by atoms with Gasteiger partial charge in [-0.05, 0) is 32.4 Å². The van der Waals surface area contributed by atoms with Crippen LogP contribution in [0, 0.1) is 17.0 Å². The molecule has 1 saturated heterocycles. The third kappa shape index (κ3) is 2.64. The number of nitro benzene ring substituents is 1. The fourth-order valence-electron chi connectivity index (χ4n) is 2.66. The number of hydrogen-bond acceptors (Lipinski definition) is 6. The molecule has 1 fully saturated rings. The first-order valence-electron chi connectivity index (χ1n) is 6.95. The summed E-state index contributed by atoms with van der Waals surface area (Å²) in [5.41, 5.74) is 0.980. The second kappa shape index (κ2) is 5.61. The van der Waals surface area contributed by atoms with Crippen LogP contribution in [0.3, 0.4) is 0 Å². The van der Waals surface area contributed by atoms with Gasteiger partial charge in [-0.15, -0.1) is 0 Å². The molecule has 3 rings (SSSR count). The number of rotatable bonds is 3. The molecule has 0 amide bonds. The lowest BCUT2D eigenvalue weighted by atomic mass is 9.99. The fourth-order valence-corrected chi connectivity index (χ4v) is 2.66. The summed E-state index contributed by atoms with van der Waals surface area (Å²) in [7, 11) is 0. The Morgan fingerprint density at radius 2 is 2.33 bits per heavy atom. The van der Waals surface area contributed by atoms with E-state index < -0.39 is 4.92 Å². The van der Waals surface area contributed by atoms with Crippen molar-refractivity contribution in [1.29, 1.82) is 0 Å². The molecule has 0 saturated carbocycles. The van der Waals surface area contributed by atoms with Crippen molar-refractivity contribution in [2.24, 2.45) is 0 Å². The van der Waals surface area contributed by atoms with Gasteiger partial charge in [0.05, 0.1) is 4.92 Å². The van der Waals surface area contributed by atoms with E-state index >= 15 is 0 Å². The van der Waals surface area contributed by atoms with Crippen LogP contribution < -0.4 is 5.32 Å². The predicted molar refractivity (Wildman–Crippen MR) is 76.0 cm³/mol. The highest BCUT2D eigenvalue weighted by atomic mass is 16.6. The van der Waals surface area contributed by atoms with Crippen LogP contribution in [0.2, 0.25) is 0 Å². The average Bonchev–Trinajstić information content (AvgIpc) is 2.97. The molecular formula is C14H16N4O3. The van der Waals surface area contributed by atoms with Gasteiger partial charge in [0.1, 0.15) is 5.56 Å². The van der Waals surface area contributed by atoms with Crippen LogP contribution in [-0.4, -0.2) is 28.2 Å².